The highest BCUT2D eigenvalue weighted by Gasteiger charge is 2.41. The number of hydrogen-bond donors (Lipinski definition) is 0. The molecule has 0 N–H and O–H groups in total. The molecular weight excluding hydrogens is 168 g/mol. The van der Waals surface area contributed by atoms with E-state index in [0.29, 0.717) is 5.41 Å². The van der Waals surface area contributed by atoms with Crippen molar-refractivity contribution in [3.8, 4) is 0 Å². The number of nitrogens with zero attached hydrogens (tertiary/aromatic N) is 2. The van der Waals surface area contributed by atoms with Crippen molar-refractivity contribution in [3.63, 3.8) is 0 Å². The second-order valence-electron chi connectivity index (χ2n) is 3.97. The van der Waals surface area contributed by atoms with E-state index in [1.54, 1.807) is 11.3 Å². The van der Waals surface area contributed by atoms with E-state index in [2.05, 4.69) is 22.2 Å². The van der Waals surface area contributed by atoms with Crippen LogP contribution >= 0.6 is 11.3 Å². The van der Waals surface area contributed by atoms with Crippen molar-refractivity contribution >= 4 is 16.5 Å². The number of aromatic nitrogens is 1. The van der Waals surface area contributed by atoms with Gasteiger partial charge in [-0.25, -0.2) is 4.98 Å². The first-order valence-corrected chi connectivity index (χ1v) is 5.13. The lowest BCUT2D eigenvalue weighted by Crippen LogP contribution is -2.09. The molecular formula is C9H14N2S. The molecule has 1 aromatic heterocycles. The predicted molar refractivity (Wildman–Crippen MR) is 53.0 cm³/mol. The molecule has 0 saturated heterocycles. The fourth-order valence-electron chi connectivity index (χ4n) is 1.19. The van der Waals surface area contributed by atoms with E-state index in [9.17, 15) is 0 Å². The molecule has 2 nitrogen and oxygen atoms in total. The van der Waals surface area contributed by atoms with Gasteiger partial charge in [0.25, 0.3) is 0 Å². The molecule has 1 saturated carbocycles. The summed E-state index contributed by atoms with van der Waals surface area (Å²) in [7, 11) is 4.08. The Labute approximate surface area is 77.2 Å². The number of thiazole rings is 1. The molecule has 66 valence electrons. The van der Waals surface area contributed by atoms with Gasteiger partial charge in [0.1, 0.15) is 0 Å². The van der Waals surface area contributed by atoms with Crippen LogP contribution in [0, 0.1) is 0 Å². The third-order valence-electron chi connectivity index (χ3n) is 2.49. The lowest BCUT2D eigenvalue weighted by Gasteiger charge is -2.06. The maximum atomic E-state index is 4.59. The van der Waals surface area contributed by atoms with E-state index in [1.165, 1.54) is 18.5 Å². The summed E-state index contributed by atoms with van der Waals surface area (Å²) < 4.78 is 0. The van der Waals surface area contributed by atoms with Gasteiger partial charge < -0.3 is 4.90 Å². The summed E-state index contributed by atoms with van der Waals surface area (Å²) in [6.07, 6.45) is 2.62. The summed E-state index contributed by atoms with van der Waals surface area (Å²) >= 11 is 1.74. The molecule has 2 rings (SSSR count). The Morgan fingerprint density at radius 2 is 2.17 bits per heavy atom. The van der Waals surface area contributed by atoms with Gasteiger partial charge in [-0.3, -0.25) is 0 Å². The van der Waals surface area contributed by atoms with E-state index >= 15 is 0 Å². The van der Waals surface area contributed by atoms with Crippen molar-refractivity contribution < 1.29 is 0 Å². The zero-order valence-corrected chi connectivity index (χ0v) is 8.61. The molecule has 1 fully saturated rings. The monoisotopic (exact) mass is 182 g/mol. The third-order valence-corrected chi connectivity index (χ3v) is 3.50. The summed E-state index contributed by atoms with van der Waals surface area (Å²) in [5.41, 5.74) is 1.71. The smallest absolute Gasteiger partial charge is 0.184 e. The van der Waals surface area contributed by atoms with Crippen LogP contribution in [0.2, 0.25) is 0 Å². The first-order valence-electron chi connectivity index (χ1n) is 4.25. The molecule has 1 aliphatic carbocycles. The Balaban J connectivity index is 2.25. The second-order valence-corrected chi connectivity index (χ2v) is 4.81. The van der Waals surface area contributed by atoms with Gasteiger partial charge in [-0.15, -0.1) is 11.3 Å². The minimum absolute atomic E-state index is 0.421. The highest BCUT2D eigenvalue weighted by atomic mass is 32.1. The van der Waals surface area contributed by atoms with Gasteiger partial charge in [-0.2, -0.15) is 0 Å². The number of anilines is 1. The molecule has 12 heavy (non-hydrogen) atoms. The van der Waals surface area contributed by atoms with Crippen LogP contribution in [0.4, 0.5) is 5.13 Å². The van der Waals surface area contributed by atoms with Crippen LogP contribution in [-0.4, -0.2) is 19.1 Å². The SMILES string of the molecule is CN(C)c1nc(C2(C)CC2)cs1. The molecule has 0 atom stereocenters. The Hall–Kier alpha value is -0.570. The minimum Gasteiger partial charge on any atom is -0.354 e. The highest BCUT2D eigenvalue weighted by Crippen LogP contribution is 2.48. The Morgan fingerprint density at radius 1 is 1.50 bits per heavy atom. The van der Waals surface area contributed by atoms with Crippen LogP contribution < -0.4 is 4.90 Å². The third kappa shape index (κ3) is 1.22. The van der Waals surface area contributed by atoms with E-state index in [-0.39, 0.29) is 0 Å². The van der Waals surface area contributed by atoms with Crippen LogP contribution in [0.1, 0.15) is 25.5 Å². The molecule has 3 heteroatoms. The van der Waals surface area contributed by atoms with E-state index in [4.69, 9.17) is 0 Å². The van der Waals surface area contributed by atoms with Crippen LogP contribution in [0.15, 0.2) is 5.38 Å². The summed E-state index contributed by atoms with van der Waals surface area (Å²) in [6, 6.07) is 0. The predicted octanol–water partition coefficient (Wildman–Crippen LogP) is 2.26. The van der Waals surface area contributed by atoms with E-state index in [1.807, 2.05) is 14.1 Å². The standard InChI is InChI=1S/C9H14N2S/c1-9(4-5-9)7-6-12-8(10-7)11(2)3/h6H,4-5H2,1-3H3. The average molecular weight is 182 g/mol. The molecule has 0 aromatic carbocycles. The normalized spacial score (nSPS) is 19.2. The molecule has 0 radical (unpaired) electrons. The maximum absolute atomic E-state index is 4.59. The summed E-state index contributed by atoms with van der Waals surface area (Å²) in [6.45, 7) is 2.29. The van der Waals surface area contributed by atoms with Crippen molar-refractivity contribution in [1.29, 1.82) is 0 Å². The van der Waals surface area contributed by atoms with Crippen LogP contribution in [0.25, 0.3) is 0 Å². The largest absolute Gasteiger partial charge is 0.354 e. The molecule has 1 aliphatic rings. The lowest BCUT2D eigenvalue weighted by molar-refractivity contribution is 0.757. The van der Waals surface area contributed by atoms with Gasteiger partial charge in [0.15, 0.2) is 5.13 Å². The zero-order valence-electron chi connectivity index (χ0n) is 7.79. The first kappa shape index (κ1) is 8.05. The number of hydrogen-bond acceptors (Lipinski definition) is 3. The Kier molecular flexibility index (Phi) is 1.65. The van der Waals surface area contributed by atoms with Crippen LogP contribution in [0.3, 0.4) is 0 Å². The zero-order chi connectivity index (χ0) is 8.77. The molecule has 0 aliphatic heterocycles. The van der Waals surface area contributed by atoms with Crippen molar-refractivity contribution in [3.05, 3.63) is 11.1 Å². The fourth-order valence-corrected chi connectivity index (χ4v) is 2.11. The first-order chi connectivity index (χ1) is 5.62. The van der Waals surface area contributed by atoms with Crippen LogP contribution in [0.5, 0.6) is 0 Å². The minimum atomic E-state index is 0.421. The molecule has 0 bridgehead atoms. The summed E-state index contributed by atoms with van der Waals surface area (Å²) in [4.78, 5) is 6.66. The van der Waals surface area contributed by atoms with Crippen molar-refractivity contribution in [1.82, 2.24) is 4.98 Å². The highest BCUT2D eigenvalue weighted by molar-refractivity contribution is 7.13. The maximum Gasteiger partial charge on any atom is 0.184 e. The Bertz CT molecular complexity index is 286. The van der Waals surface area contributed by atoms with Crippen LogP contribution in [-0.2, 0) is 5.41 Å². The van der Waals surface area contributed by atoms with Crippen molar-refractivity contribution in [2.24, 2.45) is 0 Å². The van der Waals surface area contributed by atoms with Gasteiger partial charge in [-0.05, 0) is 12.8 Å². The molecule has 1 heterocycles. The fraction of sp³-hybridized carbons (Fsp3) is 0.667. The summed E-state index contributed by atoms with van der Waals surface area (Å²) in [5, 5.41) is 3.32. The van der Waals surface area contributed by atoms with E-state index in [0.717, 1.165) is 5.13 Å². The van der Waals surface area contributed by atoms with Crippen molar-refractivity contribution in [2.45, 2.75) is 25.2 Å². The van der Waals surface area contributed by atoms with Gasteiger partial charge in [0, 0.05) is 24.9 Å². The quantitative estimate of drug-likeness (QED) is 0.697. The molecule has 0 amide bonds. The van der Waals surface area contributed by atoms with Gasteiger partial charge in [-0.1, -0.05) is 6.92 Å². The van der Waals surface area contributed by atoms with Crippen molar-refractivity contribution in [2.75, 3.05) is 19.0 Å². The lowest BCUT2D eigenvalue weighted by atomic mass is 10.1. The molecule has 0 spiro atoms. The van der Waals surface area contributed by atoms with Gasteiger partial charge >= 0.3 is 0 Å². The topological polar surface area (TPSA) is 16.1 Å². The molecule has 1 aromatic rings. The average Bonchev–Trinajstić information content (AvgIpc) is 2.61. The van der Waals surface area contributed by atoms with E-state index < -0.39 is 0 Å². The Morgan fingerprint density at radius 3 is 2.58 bits per heavy atom. The second kappa shape index (κ2) is 2.46. The summed E-state index contributed by atoms with van der Waals surface area (Å²) in [5.74, 6) is 0. The van der Waals surface area contributed by atoms with Gasteiger partial charge in [0.2, 0.25) is 0 Å². The number of rotatable bonds is 2. The molecule has 0 unspecified atom stereocenters. The van der Waals surface area contributed by atoms with Gasteiger partial charge in [0.05, 0.1) is 5.69 Å².